The predicted molar refractivity (Wildman–Crippen MR) is 124 cm³/mol. The Kier molecular flexibility index (Phi) is 6.42. The van der Waals surface area contributed by atoms with Gasteiger partial charge in [0.2, 0.25) is 5.91 Å². The van der Waals surface area contributed by atoms with Crippen LogP contribution in [0.2, 0.25) is 5.02 Å². The van der Waals surface area contributed by atoms with Gasteiger partial charge in [0, 0.05) is 16.3 Å². The standard InChI is InChI=1S/C24H18ClN3OS/c25-20-7-4-8-21(15-20)26-23(29)16-30-24-14-13-22(27-28-24)19-11-9-18(10-12-19)17-5-2-1-3-6-17/h1-15H,16H2,(H,26,29). The Morgan fingerprint density at radius 1 is 0.800 bits per heavy atom. The second-order valence-corrected chi connectivity index (χ2v) is 7.98. The molecule has 0 fully saturated rings. The molecular formula is C24H18ClN3OS. The van der Waals surface area contributed by atoms with Crippen LogP contribution in [0.15, 0.2) is 96.0 Å². The SMILES string of the molecule is O=C(CSc1ccc(-c2ccc(-c3ccccc3)cc2)nn1)Nc1cccc(Cl)c1. The lowest BCUT2D eigenvalue weighted by atomic mass is 10.0. The molecular weight excluding hydrogens is 414 g/mol. The van der Waals surface area contributed by atoms with E-state index in [0.717, 1.165) is 16.8 Å². The number of nitrogens with zero attached hydrogens (tertiary/aromatic N) is 2. The van der Waals surface area contributed by atoms with E-state index in [-0.39, 0.29) is 11.7 Å². The van der Waals surface area contributed by atoms with Crippen LogP contribution in [0, 0.1) is 0 Å². The highest BCUT2D eigenvalue weighted by atomic mass is 35.5. The third-order valence-electron chi connectivity index (χ3n) is 4.39. The van der Waals surface area contributed by atoms with Crippen molar-refractivity contribution < 1.29 is 4.79 Å². The van der Waals surface area contributed by atoms with Crippen LogP contribution in [0.4, 0.5) is 5.69 Å². The molecule has 0 aliphatic carbocycles. The van der Waals surface area contributed by atoms with Gasteiger partial charge in [-0.25, -0.2) is 0 Å². The van der Waals surface area contributed by atoms with Gasteiger partial charge in [0.1, 0.15) is 5.03 Å². The number of nitrogens with one attached hydrogen (secondary N) is 1. The number of carbonyl (C=O) groups excluding carboxylic acids is 1. The topological polar surface area (TPSA) is 54.9 Å². The van der Waals surface area contributed by atoms with Gasteiger partial charge < -0.3 is 5.32 Å². The third-order valence-corrected chi connectivity index (χ3v) is 5.54. The highest BCUT2D eigenvalue weighted by Gasteiger charge is 2.07. The summed E-state index contributed by atoms with van der Waals surface area (Å²) in [7, 11) is 0. The maximum absolute atomic E-state index is 12.1. The molecule has 6 heteroatoms. The second-order valence-electron chi connectivity index (χ2n) is 6.55. The number of benzene rings is 3. The summed E-state index contributed by atoms with van der Waals surface area (Å²) >= 11 is 7.27. The van der Waals surface area contributed by atoms with Crippen molar-refractivity contribution >= 4 is 35.0 Å². The number of amides is 1. The van der Waals surface area contributed by atoms with Gasteiger partial charge in [0.15, 0.2) is 0 Å². The highest BCUT2D eigenvalue weighted by molar-refractivity contribution is 7.99. The lowest BCUT2D eigenvalue weighted by Gasteiger charge is -2.06. The van der Waals surface area contributed by atoms with Crippen molar-refractivity contribution in [3.8, 4) is 22.4 Å². The molecule has 4 aromatic rings. The summed E-state index contributed by atoms with van der Waals surface area (Å²) in [6, 6.07) is 29.3. The number of aromatic nitrogens is 2. The lowest BCUT2D eigenvalue weighted by Crippen LogP contribution is -2.14. The summed E-state index contributed by atoms with van der Waals surface area (Å²) in [6.07, 6.45) is 0. The zero-order valence-electron chi connectivity index (χ0n) is 16.0. The molecule has 0 saturated heterocycles. The molecule has 4 rings (SSSR count). The Labute approximate surface area is 184 Å². The van der Waals surface area contributed by atoms with E-state index in [1.165, 1.54) is 17.3 Å². The van der Waals surface area contributed by atoms with Crippen LogP contribution in [0.25, 0.3) is 22.4 Å². The summed E-state index contributed by atoms with van der Waals surface area (Å²) < 4.78 is 0. The fourth-order valence-corrected chi connectivity index (χ4v) is 3.72. The van der Waals surface area contributed by atoms with E-state index >= 15 is 0 Å². The Balaban J connectivity index is 1.35. The average Bonchev–Trinajstić information content (AvgIpc) is 2.79. The zero-order valence-corrected chi connectivity index (χ0v) is 17.5. The second kappa shape index (κ2) is 9.57. The van der Waals surface area contributed by atoms with Crippen molar-refractivity contribution in [2.45, 2.75) is 5.03 Å². The quantitative estimate of drug-likeness (QED) is 0.369. The van der Waals surface area contributed by atoms with Crippen molar-refractivity contribution in [1.82, 2.24) is 10.2 Å². The summed E-state index contributed by atoms with van der Waals surface area (Å²) in [5.74, 6) is 0.122. The van der Waals surface area contributed by atoms with Crippen LogP contribution in [0.5, 0.6) is 0 Å². The first-order valence-corrected chi connectivity index (χ1v) is 10.7. The van der Waals surface area contributed by atoms with Crippen molar-refractivity contribution in [1.29, 1.82) is 0 Å². The molecule has 148 valence electrons. The van der Waals surface area contributed by atoms with Crippen LogP contribution in [-0.2, 0) is 4.79 Å². The minimum absolute atomic E-state index is 0.121. The predicted octanol–water partition coefficient (Wildman–Crippen LogP) is 6.19. The van der Waals surface area contributed by atoms with E-state index in [1.54, 1.807) is 24.3 Å². The van der Waals surface area contributed by atoms with Crippen LogP contribution in [-0.4, -0.2) is 21.9 Å². The van der Waals surface area contributed by atoms with Gasteiger partial charge in [-0.15, -0.1) is 10.2 Å². The molecule has 3 aromatic carbocycles. The monoisotopic (exact) mass is 431 g/mol. The van der Waals surface area contributed by atoms with Crippen molar-refractivity contribution in [3.05, 3.63) is 96.0 Å². The minimum atomic E-state index is -0.121. The molecule has 0 unspecified atom stereocenters. The van der Waals surface area contributed by atoms with E-state index in [2.05, 4.69) is 39.8 Å². The Morgan fingerprint density at radius 2 is 1.53 bits per heavy atom. The zero-order chi connectivity index (χ0) is 20.8. The molecule has 0 aliphatic rings. The maximum Gasteiger partial charge on any atom is 0.234 e. The first-order chi connectivity index (χ1) is 14.7. The number of carbonyl (C=O) groups is 1. The Hall–Kier alpha value is -3.15. The fourth-order valence-electron chi connectivity index (χ4n) is 2.92. The molecule has 4 nitrogen and oxygen atoms in total. The van der Waals surface area contributed by atoms with E-state index in [9.17, 15) is 4.79 Å². The number of anilines is 1. The summed E-state index contributed by atoms with van der Waals surface area (Å²) in [4.78, 5) is 12.1. The van der Waals surface area contributed by atoms with Crippen LogP contribution < -0.4 is 5.32 Å². The number of hydrogen-bond acceptors (Lipinski definition) is 4. The number of thioether (sulfide) groups is 1. The maximum atomic E-state index is 12.1. The van der Waals surface area contributed by atoms with E-state index in [4.69, 9.17) is 11.6 Å². The Bertz CT molecular complexity index is 1130. The molecule has 30 heavy (non-hydrogen) atoms. The average molecular weight is 432 g/mol. The molecule has 1 aromatic heterocycles. The summed E-state index contributed by atoms with van der Waals surface area (Å²) in [5.41, 5.74) is 4.80. The molecule has 0 aliphatic heterocycles. The largest absolute Gasteiger partial charge is 0.325 e. The van der Waals surface area contributed by atoms with Crippen molar-refractivity contribution in [2.75, 3.05) is 11.1 Å². The van der Waals surface area contributed by atoms with Gasteiger partial charge in [-0.1, -0.05) is 84.0 Å². The van der Waals surface area contributed by atoms with Crippen LogP contribution in [0.3, 0.4) is 0 Å². The van der Waals surface area contributed by atoms with E-state index in [0.29, 0.717) is 15.7 Å². The normalized spacial score (nSPS) is 10.6. The van der Waals surface area contributed by atoms with Gasteiger partial charge in [0.25, 0.3) is 0 Å². The molecule has 1 amide bonds. The number of halogens is 1. The first kappa shape index (κ1) is 20.1. The number of rotatable bonds is 6. The van der Waals surface area contributed by atoms with Crippen LogP contribution in [0.1, 0.15) is 0 Å². The van der Waals surface area contributed by atoms with Gasteiger partial charge in [0.05, 0.1) is 11.4 Å². The molecule has 0 saturated carbocycles. The molecule has 0 bridgehead atoms. The molecule has 0 spiro atoms. The number of hydrogen-bond donors (Lipinski definition) is 1. The van der Waals surface area contributed by atoms with Crippen molar-refractivity contribution in [2.24, 2.45) is 0 Å². The smallest absolute Gasteiger partial charge is 0.234 e. The summed E-state index contributed by atoms with van der Waals surface area (Å²) in [5, 5.41) is 12.6. The molecule has 0 radical (unpaired) electrons. The molecule has 1 heterocycles. The summed E-state index contributed by atoms with van der Waals surface area (Å²) in [6.45, 7) is 0. The Morgan fingerprint density at radius 3 is 2.23 bits per heavy atom. The molecule has 1 N–H and O–H groups in total. The van der Waals surface area contributed by atoms with Gasteiger partial charge in [-0.05, 0) is 41.5 Å². The first-order valence-electron chi connectivity index (χ1n) is 9.35. The van der Waals surface area contributed by atoms with Gasteiger partial charge in [-0.3, -0.25) is 4.79 Å². The van der Waals surface area contributed by atoms with Crippen molar-refractivity contribution in [3.63, 3.8) is 0 Å². The van der Waals surface area contributed by atoms with E-state index < -0.39 is 0 Å². The van der Waals surface area contributed by atoms with Gasteiger partial charge >= 0.3 is 0 Å². The minimum Gasteiger partial charge on any atom is -0.325 e. The third kappa shape index (κ3) is 5.26. The highest BCUT2D eigenvalue weighted by Crippen LogP contribution is 2.24. The lowest BCUT2D eigenvalue weighted by molar-refractivity contribution is -0.113. The fraction of sp³-hybridized carbons (Fsp3) is 0.0417. The van der Waals surface area contributed by atoms with E-state index in [1.807, 2.05) is 42.5 Å². The molecule has 0 atom stereocenters. The van der Waals surface area contributed by atoms with Crippen LogP contribution >= 0.6 is 23.4 Å². The van der Waals surface area contributed by atoms with Gasteiger partial charge in [-0.2, -0.15) is 0 Å².